The van der Waals surface area contributed by atoms with Crippen molar-refractivity contribution in [1.82, 2.24) is 25.7 Å². The first-order chi connectivity index (χ1) is 11.6. The van der Waals surface area contributed by atoms with Gasteiger partial charge in [-0.25, -0.2) is 4.79 Å². The van der Waals surface area contributed by atoms with Crippen LogP contribution in [0.3, 0.4) is 0 Å². The molecule has 1 aromatic heterocycles. The Bertz CT molecular complexity index is 565. The Morgan fingerprint density at radius 1 is 1.38 bits per heavy atom. The van der Waals surface area contributed by atoms with E-state index in [4.69, 9.17) is 0 Å². The number of nitrogens with one attached hydrogen (secondary N) is 2. The molecule has 0 saturated carbocycles. The average Bonchev–Trinajstić information content (AvgIpc) is 2.86. The Labute approximate surface area is 141 Å². The molecule has 1 aliphatic rings. The zero-order chi connectivity index (χ0) is 17.4. The van der Waals surface area contributed by atoms with Gasteiger partial charge in [-0.1, -0.05) is 6.08 Å². The van der Waals surface area contributed by atoms with Crippen LogP contribution in [0.5, 0.6) is 0 Å². The van der Waals surface area contributed by atoms with Crippen molar-refractivity contribution < 1.29 is 9.59 Å². The molecule has 2 rings (SSSR count). The number of carbonyl (C=O) groups excluding carboxylic acids is 2. The van der Waals surface area contributed by atoms with E-state index in [2.05, 4.69) is 37.2 Å². The molecule has 24 heavy (non-hydrogen) atoms. The van der Waals surface area contributed by atoms with Gasteiger partial charge in [0.05, 0.1) is 6.04 Å². The lowest BCUT2D eigenvalue weighted by molar-refractivity contribution is -0.124. The molecule has 8 heteroatoms. The monoisotopic (exact) mass is 332 g/mol. The van der Waals surface area contributed by atoms with Gasteiger partial charge in [0.25, 0.3) is 0 Å². The lowest BCUT2D eigenvalue weighted by Crippen LogP contribution is -2.50. The van der Waals surface area contributed by atoms with E-state index in [0.29, 0.717) is 6.54 Å². The zero-order valence-electron chi connectivity index (χ0n) is 13.9. The summed E-state index contributed by atoms with van der Waals surface area (Å²) in [6.45, 7) is 8.79. The highest BCUT2D eigenvalue weighted by molar-refractivity contribution is 5.96. The fourth-order valence-corrected chi connectivity index (χ4v) is 2.61. The van der Waals surface area contributed by atoms with Crippen molar-refractivity contribution >= 4 is 17.8 Å². The first-order valence-corrected chi connectivity index (χ1v) is 8.08. The van der Waals surface area contributed by atoms with E-state index >= 15 is 0 Å². The Morgan fingerprint density at radius 2 is 2.21 bits per heavy atom. The molecule has 1 aliphatic heterocycles. The van der Waals surface area contributed by atoms with Crippen molar-refractivity contribution in [3.8, 4) is 0 Å². The first kappa shape index (κ1) is 17.9. The molecular weight excluding hydrogens is 308 g/mol. The molecule has 0 radical (unpaired) electrons. The van der Waals surface area contributed by atoms with Crippen molar-refractivity contribution in [2.75, 3.05) is 37.6 Å². The van der Waals surface area contributed by atoms with Crippen molar-refractivity contribution in [3.05, 3.63) is 31.0 Å². The number of nitrogens with zero attached hydrogens (tertiary/aromatic N) is 4. The summed E-state index contributed by atoms with van der Waals surface area (Å²) >= 11 is 0. The van der Waals surface area contributed by atoms with E-state index in [1.165, 1.54) is 0 Å². The second-order valence-corrected chi connectivity index (χ2v) is 5.62. The van der Waals surface area contributed by atoms with Crippen molar-refractivity contribution in [1.29, 1.82) is 0 Å². The highest BCUT2D eigenvalue weighted by Gasteiger charge is 2.25. The third kappa shape index (κ3) is 5.02. The van der Waals surface area contributed by atoms with Gasteiger partial charge >= 0.3 is 6.03 Å². The van der Waals surface area contributed by atoms with Gasteiger partial charge in [-0.15, -0.1) is 11.7 Å². The summed E-state index contributed by atoms with van der Waals surface area (Å²) in [5, 5.41) is 12.9. The lowest BCUT2D eigenvalue weighted by Gasteiger charge is -2.26. The maximum Gasteiger partial charge on any atom is 0.321 e. The molecule has 8 nitrogen and oxygen atoms in total. The Morgan fingerprint density at radius 3 is 2.92 bits per heavy atom. The van der Waals surface area contributed by atoms with Gasteiger partial charge in [-0.2, -0.15) is 5.10 Å². The van der Waals surface area contributed by atoms with E-state index in [1.54, 1.807) is 12.3 Å². The van der Waals surface area contributed by atoms with Crippen LogP contribution in [0.15, 0.2) is 31.0 Å². The maximum absolute atomic E-state index is 12.2. The largest absolute Gasteiger partial charge is 0.354 e. The molecule has 2 N–H and O–H groups in total. The van der Waals surface area contributed by atoms with Crippen molar-refractivity contribution in [3.63, 3.8) is 0 Å². The molecule has 3 amide bonds. The van der Waals surface area contributed by atoms with E-state index in [0.717, 1.165) is 38.4 Å². The smallest absolute Gasteiger partial charge is 0.321 e. The number of hydrogen-bond acceptors (Lipinski definition) is 6. The predicted molar refractivity (Wildman–Crippen MR) is 91.6 cm³/mol. The Hall–Kier alpha value is -2.48. The molecule has 1 saturated heterocycles. The SMILES string of the molecule is C=CCNC(=O)NC(=O)C(C)N1CCCN(c2cccnn2)CC1. The predicted octanol–water partition coefficient (Wildman–Crippen LogP) is 0.389. The van der Waals surface area contributed by atoms with E-state index in [9.17, 15) is 9.59 Å². The molecule has 130 valence electrons. The van der Waals surface area contributed by atoms with Gasteiger partial charge in [-0.05, 0) is 25.5 Å². The van der Waals surface area contributed by atoms with Crippen LogP contribution in [0.1, 0.15) is 13.3 Å². The minimum Gasteiger partial charge on any atom is -0.354 e. The molecule has 0 spiro atoms. The van der Waals surface area contributed by atoms with E-state index in [-0.39, 0.29) is 11.9 Å². The molecule has 1 unspecified atom stereocenters. The summed E-state index contributed by atoms with van der Waals surface area (Å²) in [5.41, 5.74) is 0. The maximum atomic E-state index is 12.2. The fraction of sp³-hybridized carbons (Fsp3) is 0.500. The number of aromatic nitrogens is 2. The topological polar surface area (TPSA) is 90.5 Å². The van der Waals surface area contributed by atoms with Crippen LogP contribution < -0.4 is 15.5 Å². The normalized spacial score (nSPS) is 16.8. The number of urea groups is 1. The quantitative estimate of drug-likeness (QED) is 0.758. The van der Waals surface area contributed by atoms with Crippen molar-refractivity contribution in [2.45, 2.75) is 19.4 Å². The third-order valence-electron chi connectivity index (χ3n) is 3.98. The van der Waals surface area contributed by atoms with Crippen LogP contribution in [-0.4, -0.2) is 65.8 Å². The zero-order valence-corrected chi connectivity index (χ0v) is 13.9. The second kappa shape index (κ2) is 8.97. The third-order valence-corrected chi connectivity index (χ3v) is 3.98. The van der Waals surface area contributed by atoms with E-state index < -0.39 is 6.03 Å². The molecular formula is C16H24N6O2. The Kier molecular flexibility index (Phi) is 6.68. The number of carbonyl (C=O) groups is 2. The van der Waals surface area contributed by atoms with Crippen LogP contribution in [-0.2, 0) is 4.79 Å². The molecule has 1 atom stereocenters. The van der Waals surface area contributed by atoms with Crippen LogP contribution in [0.4, 0.5) is 10.6 Å². The second-order valence-electron chi connectivity index (χ2n) is 5.62. The van der Waals surface area contributed by atoms with Crippen molar-refractivity contribution in [2.24, 2.45) is 0 Å². The highest BCUT2D eigenvalue weighted by Crippen LogP contribution is 2.13. The van der Waals surface area contributed by atoms with Crippen LogP contribution in [0.2, 0.25) is 0 Å². The molecule has 0 bridgehead atoms. The molecule has 0 aliphatic carbocycles. The summed E-state index contributed by atoms with van der Waals surface area (Å²) in [4.78, 5) is 28.0. The van der Waals surface area contributed by atoms with Gasteiger partial charge < -0.3 is 10.2 Å². The summed E-state index contributed by atoms with van der Waals surface area (Å²) in [5.74, 6) is 0.546. The Balaban J connectivity index is 1.87. The number of anilines is 1. The standard InChI is InChI=1S/C16H24N6O2/c1-3-7-17-16(24)19-15(23)13(2)21-9-5-10-22(12-11-21)14-6-4-8-18-20-14/h3-4,6,8,13H,1,5,7,9-12H2,2H3,(H2,17,19,23,24). The van der Waals surface area contributed by atoms with Gasteiger partial charge in [0.1, 0.15) is 0 Å². The molecule has 1 fully saturated rings. The van der Waals surface area contributed by atoms with Gasteiger partial charge in [0.2, 0.25) is 5.91 Å². The number of amides is 3. The fourth-order valence-electron chi connectivity index (χ4n) is 2.61. The van der Waals surface area contributed by atoms with Gasteiger partial charge in [0, 0.05) is 38.9 Å². The minimum atomic E-state index is -0.497. The summed E-state index contributed by atoms with van der Waals surface area (Å²) in [7, 11) is 0. The van der Waals surface area contributed by atoms with Gasteiger partial charge in [0.15, 0.2) is 5.82 Å². The first-order valence-electron chi connectivity index (χ1n) is 8.08. The average molecular weight is 332 g/mol. The molecule has 2 heterocycles. The number of imide groups is 1. The number of hydrogen-bond donors (Lipinski definition) is 2. The molecule has 1 aromatic rings. The summed E-state index contributed by atoms with van der Waals surface area (Å²) < 4.78 is 0. The lowest BCUT2D eigenvalue weighted by atomic mass is 10.2. The minimum absolute atomic E-state index is 0.301. The van der Waals surface area contributed by atoms with Crippen LogP contribution in [0.25, 0.3) is 0 Å². The number of rotatable bonds is 5. The van der Waals surface area contributed by atoms with Crippen LogP contribution >= 0.6 is 0 Å². The summed E-state index contributed by atoms with van der Waals surface area (Å²) in [6.07, 6.45) is 4.12. The van der Waals surface area contributed by atoms with E-state index in [1.807, 2.05) is 19.1 Å². The van der Waals surface area contributed by atoms with Crippen LogP contribution in [0, 0.1) is 0 Å². The summed E-state index contributed by atoms with van der Waals surface area (Å²) in [6, 6.07) is 2.93. The highest BCUT2D eigenvalue weighted by atomic mass is 16.2. The molecule has 0 aromatic carbocycles. The van der Waals surface area contributed by atoms with Gasteiger partial charge in [-0.3, -0.25) is 15.0 Å².